The van der Waals surface area contributed by atoms with Gasteiger partial charge in [-0.15, -0.1) is 0 Å². The van der Waals surface area contributed by atoms with E-state index in [1.165, 1.54) is 0 Å². The van der Waals surface area contributed by atoms with Crippen molar-refractivity contribution < 1.29 is 41.8 Å². The standard InChI is InChI=1S/C33H39FN8O2.C32H36BrFN8O2.C32H36ClFN8O2/c1-22(34)18-30(43)42-17-16-41(19-25(42)9-12-35)32-27-11-15-40(29-8-4-6-24-10-13-36-23(2)31(24)29)20-28(27)37-33(38-32)44-21-26-7-5-14-39(26)3;1-21(34)17-28(43)42-16-15-41(18-23(42)8-11-35)30-25-10-14-40(31-29-22(9-12-36-31)5-3-7-26(29)33)19-27(25)37-32(38-30)44-20-24-6-4-13-39(24)2;1-21(34)15-29(43)42-14-13-41(18-23(42)8-10-35)31-25-9-12-40(28-17-36-16-22-5-3-7-26(33)30(22)28)19-27(25)37-32(38-31)44-20-24-6-4-11-39(24)2/h4,6,8,10,13,25-26H,1,5,7,9,11,14-21H2,2-3H3;3,5,7,9,12,23-24H,1,4,6,8,10,13-20H2,2H3;3,5,7,16-17,23-24H,1,4,6,8-9,11-15,18-20H2,2H3/t25-,26-;2*23-,24-/m000/s1. The fourth-order valence-electron chi connectivity index (χ4n) is 20.1. The van der Waals surface area contributed by atoms with E-state index in [1.54, 1.807) is 14.7 Å². The first-order valence-corrected chi connectivity index (χ1v) is 46.7. The van der Waals surface area contributed by atoms with Crippen LogP contribution in [0, 0.1) is 40.9 Å². The van der Waals surface area contributed by atoms with Crippen LogP contribution >= 0.6 is 27.5 Å². The molecule has 9 aliphatic heterocycles. The van der Waals surface area contributed by atoms with Crippen molar-refractivity contribution in [1.82, 2.24) is 74.3 Å². The van der Waals surface area contributed by atoms with E-state index in [0.29, 0.717) is 159 Å². The average Bonchev–Trinajstić information content (AvgIpc) is 0.797. The number of hydrogen-bond acceptors (Lipinski definition) is 27. The summed E-state index contributed by atoms with van der Waals surface area (Å²) in [5.74, 6) is 0.157. The van der Waals surface area contributed by atoms with Gasteiger partial charge in [0.15, 0.2) is 0 Å². The lowest BCUT2D eigenvalue weighted by Gasteiger charge is -2.42. The number of pyridine rings is 3. The summed E-state index contributed by atoms with van der Waals surface area (Å²) >= 11 is 10.4. The van der Waals surface area contributed by atoms with Crippen LogP contribution in [0.2, 0.25) is 5.02 Å². The highest BCUT2D eigenvalue weighted by Crippen LogP contribution is 2.42. The third-order valence-corrected chi connectivity index (χ3v) is 28.0. The molecule has 9 aromatic rings. The summed E-state index contributed by atoms with van der Waals surface area (Å²) in [6.45, 7) is 24.1. The minimum Gasteiger partial charge on any atom is -0.462 e. The highest BCUT2D eigenvalue weighted by atomic mass is 79.9. The van der Waals surface area contributed by atoms with Crippen LogP contribution in [-0.4, -0.2) is 267 Å². The lowest BCUT2D eigenvalue weighted by molar-refractivity contribution is -0.134. The lowest BCUT2D eigenvalue weighted by Crippen LogP contribution is -2.55. The predicted octanol–water partition coefficient (Wildman–Crippen LogP) is 13.3. The van der Waals surface area contributed by atoms with E-state index in [-0.39, 0.29) is 68.3 Å². The topological polar surface area (TPSA) is 305 Å². The maximum atomic E-state index is 13.5. The fraction of sp³-hybridized carbons (Fsp3) is 0.474. The van der Waals surface area contributed by atoms with Gasteiger partial charge in [-0.1, -0.05) is 83.7 Å². The number of rotatable bonds is 24. The maximum Gasteiger partial charge on any atom is 0.318 e. The van der Waals surface area contributed by atoms with Crippen molar-refractivity contribution in [3.8, 4) is 36.2 Å². The zero-order chi connectivity index (χ0) is 92.4. The summed E-state index contributed by atoms with van der Waals surface area (Å²) in [6, 6.07) is 29.7. The first-order valence-electron chi connectivity index (χ1n) is 45.5. The quantitative estimate of drug-likeness (QED) is 0.0542. The molecule has 18 rings (SSSR count). The molecule has 132 heavy (non-hydrogen) atoms. The molecule has 6 saturated heterocycles. The molecule has 9 aliphatic rings. The molecule has 6 fully saturated rings. The number of nitriles is 3. The number of carbonyl (C=O) groups excluding carboxylic acids is 3. The van der Waals surface area contributed by atoms with Crippen molar-refractivity contribution in [3.63, 3.8) is 0 Å². The molecule has 35 heteroatoms. The Hall–Kier alpha value is -12.1. The first-order chi connectivity index (χ1) is 64.0. The molecule has 0 radical (unpaired) electrons. The molecule has 0 saturated carbocycles. The van der Waals surface area contributed by atoms with E-state index >= 15 is 0 Å². The van der Waals surface area contributed by atoms with Gasteiger partial charge in [0.1, 0.15) is 60.6 Å². The largest absolute Gasteiger partial charge is 0.462 e. The van der Waals surface area contributed by atoms with Crippen LogP contribution in [-0.2, 0) is 53.3 Å². The number of carbonyl (C=O) groups is 3. The fourth-order valence-corrected chi connectivity index (χ4v) is 20.9. The molecule has 0 unspecified atom stereocenters. The molecule has 15 heterocycles. The van der Waals surface area contributed by atoms with Crippen LogP contribution in [0.1, 0.15) is 117 Å². The summed E-state index contributed by atoms with van der Waals surface area (Å²) in [6.07, 6.45) is 15.4. The Kier molecular flexibility index (Phi) is 29.8. The molecule has 6 atom stereocenters. The summed E-state index contributed by atoms with van der Waals surface area (Å²) in [4.78, 5) is 107. The Bertz CT molecular complexity index is 5380. The molecular weight excluding hydrogens is 1770 g/mol. The summed E-state index contributed by atoms with van der Waals surface area (Å²) in [5.41, 5.74) is 8.86. The number of aryl methyl sites for hydroxylation is 1. The van der Waals surface area contributed by atoms with Gasteiger partial charge in [-0.2, -0.15) is 45.7 Å². The van der Waals surface area contributed by atoms with Crippen LogP contribution in [0.15, 0.2) is 133 Å². The molecule has 6 aromatic heterocycles. The number of fused-ring (bicyclic) bond motifs is 6. The minimum absolute atomic E-state index is 0.133. The number of benzene rings is 3. The minimum atomic E-state index is -0.681. The molecule has 30 nitrogen and oxygen atoms in total. The SMILES string of the molecule is C=C(F)CC(=O)N1CCN(c2nc(OC[C@@H]3CCCN3C)nc3c2CCN(c2cccc4ccnc(C)c24)C3)C[C@@H]1CC#N.C=C(F)CC(=O)N1CCN(c2nc(OC[C@@H]3CCCN3C)nc3c2CCN(c2cncc4cccc(Cl)c24)C3)C[C@@H]1CC#N.C=C(F)CC(=O)N1CCN(c2nc(OC[C@@H]3CCCN3C)nc3c2CCN(c2nccc4cccc(Br)c24)C3)C[C@@H]1CC#N. The van der Waals surface area contributed by atoms with Gasteiger partial charge in [-0.3, -0.25) is 24.4 Å². The van der Waals surface area contributed by atoms with Crippen molar-refractivity contribution >= 4 is 112 Å². The van der Waals surface area contributed by atoms with E-state index in [1.807, 2.05) is 74.2 Å². The van der Waals surface area contributed by atoms with Crippen molar-refractivity contribution in [3.05, 3.63) is 178 Å². The Morgan fingerprint density at radius 2 is 0.841 bits per heavy atom. The molecular formula is C97H111BrClF3N24O6. The van der Waals surface area contributed by atoms with E-state index in [0.717, 1.165) is 189 Å². The van der Waals surface area contributed by atoms with Crippen LogP contribution in [0.25, 0.3) is 32.3 Å². The highest BCUT2D eigenvalue weighted by molar-refractivity contribution is 9.10. The number of piperazine rings is 3. The maximum absolute atomic E-state index is 13.5. The number of anilines is 6. The van der Waals surface area contributed by atoms with Gasteiger partial charge in [0.05, 0.1) is 128 Å². The van der Waals surface area contributed by atoms with Gasteiger partial charge in [0.25, 0.3) is 0 Å². The van der Waals surface area contributed by atoms with E-state index < -0.39 is 23.5 Å². The third-order valence-electron chi connectivity index (χ3n) is 27.0. The van der Waals surface area contributed by atoms with Gasteiger partial charge < -0.3 is 73.0 Å². The number of aromatic nitrogens is 9. The van der Waals surface area contributed by atoms with Gasteiger partial charge in [0, 0.05) is 169 Å². The van der Waals surface area contributed by atoms with Crippen molar-refractivity contribution in [1.29, 1.82) is 15.8 Å². The molecule has 0 N–H and O–H groups in total. The number of hydrogen-bond donors (Lipinski definition) is 0. The summed E-state index contributed by atoms with van der Waals surface area (Å²) in [5, 5.41) is 35.7. The highest BCUT2D eigenvalue weighted by Gasteiger charge is 2.40. The van der Waals surface area contributed by atoms with Crippen molar-refractivity contribution in [2.45, 2.75) is 159 Å². The van der Waals surface area contributed by atoms with E-state index in [4.69, 9.17) is 60.7 Å². The molecule has 0 aliphatic carbocycles. The lowest BCUT2D eigenvalue weighted by atomic mass is 10.0. The number of halogens is 5. The smallest absolute Gasteiger partial charge is 0.318 e. The third kappa shape index (κ3) is 21.2. The Balaban J connectivity index is 0.000000144. The zero-order valence-corrected chi connectivity index (χ0v) is 77.6. The summed E-state index contributed by atoms with van der Waals surface area (Å²) in [7, 11) is 6.34. The van der Waals surface area contributed by atoms with Crippen LogP contribution in [0.3, 0.4) is 0 Å². The van der Waals surface area contributed by atoms with Gasteiger partial charge in [-0.05, 0) is 147 Å². The molecule has 0 spiro atoms. The Morgan fingerprint density at radius 3 is 1.27 bits per heavy atom. The Morgan fingerprint density at radius 1 is 0.447 bits per heavy atom. The normalized spacial score (nSPS) is 20.5. The first kappa shape index (κ1) is 93.1. The second kappa shape index (κ2) is 42.2. The van der Waals surface area contributed by atoms with Gasteiger partial charge in [0.2, 0.25) is 17.7 Å². The summed E-state index contributed by atoms with van der Waals surface area (Å²) < 4.78 is 60.3. The monoisotopic (exact) mass is 1880 g/mol. The van der Waals surface area contributed by atoms with Crippen molar-refractivity contribution in [2.75, 3.05) is 169 Å². The van der Waals surface area contributed by atoms with Gasteiger partial charge in [-0.25, -0.2) is 18.2 Å². The number of likely N-dealkylation sites (tertiary alicyclic amines) is 3. The van der Waals surface area contributed by atoms with E-state index in [2.05, 4.69) is 153 Å². The van der Waals surface area contributed by atoms with Crippen LogP contribution in [0.5, 0.6) is 18.0 Å². The van der Waals surface area contributed by atoms with Crippen LogP contribution < -0.4 is 43.6 Å². The number of nitrogens with zero attached hydrogens (tertiary/aromatic N) is 24. The van der Waals surface area contributed by atoms with Gasteiger partial charge >= 0.3 is 18.0 Å². The van der Waals surface area contributed by atoms with Crippen molar-refractivity contribution in [2.24, 2.45) is 0 Å². The van der Waals surface area contributed by atoms with E-state index in [9.17, 15) is 43.3 Å². The Labute approximate surface area is 781 Å². The predicted molar refractivity (Wildman–Crippen MR) is 505 cm³/mol. The second-order valence-electron chi connectivity index (χ2n) is 35.5. The average molecular weight is 1880 g/mol. The molecule has 0 bridgehead atoms. The second-order valence-corrected chi connectivity index (χ2v) is 36.8. The number of amides is 3. The van der Waals surface area contributed by atoms with Crippen LogP contribution in [0.4, 0.5) is 47.8 Å². The number of ether oxygens (including phenoxy) is 3. The zero-order valence-electron chi connectivity index (χ0n) is 75.3. The molecule has 690 valence electrons. The molecule has 3 aromatic carbocycles. The number of likely N-dealkylation sites (N-methyl/N-ethyl adjacent to an activating group) is 3. The molecule has 3 amide bonds.